The van der Waals surface area contributed by atoms with E-state index in [1.165, 1.54) is 4.57 Å². The SMILES string of the molecule is CCCCOc1nc(N)c2[nH]c(=O)n(Cc3ccc(C(=O)OCCC)cc3)c2n1. The lowest BCUT2D eigenvalue weighted by molar-refractivity contribution is 0.0505. The number of nitrogen functional groups attached to an aromatic ring is 1. The molecule has 0 fully saturated rings. The number of nitrogens with zero attached hydrogens (tertiary/aromatic N) is 3. The Kier molecular flexibility index (Phi) is 6.48. The van der Waals surface area contributed by atoms with Crippen molar-refractivity contribution in [1.29, 1.82) is 0 Å². The molecule has 0 spiro atoms. The molecule has 2 aromatic heterocycles. The molecule has 9 nitrogen and oxygen atoms in total. The monoisotopic (exact) mass is 399 g/mol. The van der Waals surface area contributed by atoms with E-state index >= 15 is 0 Å². The number of esters is 1. The van der Waals surface area contributed by atoms with E-state index in [-0.39, 0.29) is 30.0 Å². The summed E-state index contributed by atoms with van der Waals surface area (Å²) in [5.74, 6) is -0.205. The van der Waals surface area contributed by atoms with Crippen molar-refractivity contribution in [3.05, 3.63) is 45.9 Å². The Hall–Kier alpha value is -3.36. The van der Waals surface area contributed by atoms with Crippen LogP contribution in [0.4, 0.5) is 5.82 Å². The van der Waals surface area contributed by atoms with Crippen LogP contribution < -0.4 is 16.2 Å². The van der Waals surface area contributed by atoms with E-state index in [2.05, 4.69) is 21.9 Å². The van der Waals surface area contributed by atoms with Gasteiger partial charge in [-0.3, -0.25) is 4.57 Å². The van der Waals surface area contributed by atoms with Crippen LogP contribution in [-0.4, -0.2) is 38.7 Å². The second-order valence-corrected chi connectivity index (χ2v) is 6.64. The molecule has 0 radical (unpaired) electrons. The minimum atomic E-state index is -0.364. The van der Waals surface area contributed by atoms with Gasteiger partial charge in [-0.15, -0.1) is 0 Å². The molecule has 9 heteroatoms. The fourth-order valence-corrected chi connectivity index (χ4v) is 2.76. The van der Waals surface area contributed by atoms with E-state index in [1.54, 1.807) is 24.3 Å². The zero-order valence-corrected chi connectivity index (χ0v) is 16.6. The highest BCUT2D eigenvalue weighted by Gasteiger charge is 2.15. The molecule has 0 aliphatic rings. The first-order valence-corrected chi connectivity index (χ1v) is 9.68. The molecule has 0 bridgehead atoms. The van der Waals surface area contributed by atoms with Crippen molar-refractivity contribution in [1.82, 2.24) is 19.5 Å². The molecular formula is C20H25N5O4. The van der Waals surface area contributed by atoms with Gasteiger partial charge in [0.05, 0.1) is 25.3 Å². The molecule has 0 saturated carbocycles. The zero-order chi connectivity index (χ0) is 20.8. The van der Waals surface area contributed by atoms with E-state index in [4.69, 9.17) is 15.2 Å². The summed E-state index contributed by atoms with van der Waals surface area (Å²) in [6.07, 6.45) is 2.62. The van der Waals surface area contributed by atoms with Gasteiger partial charge in [0.25, 0.3) is 0 Å². The van der Waals surface area contributed by atoms with E-state index in [1.807, 2.05) is 6.92 Å². The minimum absolute atomic E-state index is 0.144. The van der Waals surface area contributed by atoms with Gasteiger partial charge >= 0.3 is 17.7 Å². The van der Waals surface area contributed by atoms with Crippen LogP contribution in [0.2, 0.25) is 0 Å². The summed E-state index contributed by atoms with van der Waals surface area (Å²) >= 11 is 0. The number of anilines is 1. The Labute approximate surface area is 167 Å². The molecule has 0 aliphatic carbocycles. The standard InChI is InChI=1S/C20H25N5O4/c1-3-5-11-29-19-23-16(21)15-17(24-19)25(20(27)22-15)12-13-6-8-14(9-7-13)18(26)28-10-4-2/h6-9H,3-5,10-12H2,1-2H3,(H,22,27)(H2,21,23,24). The van der Waals surface area contributed by atoms with Gasteiger partial charge in [0, 0.05) is 0 Å². The summed E-state index contributed by atoms with van der Waals surface area (Å²) in [5.41, 5.74) is 7.65. The number of nitrogens with two attached hydrogens (primary N) is 1. The summed E-state index contributed by atoms with van der Waals surface area (Å²) < 4.78 is 12.1. The van der Waals surface area contributed by atoms with Gasteiger partial charge in [0.2, 0.25) is 0 Å². The van der Waals surface area contributed by atoms with Gasteiger partial charge in [0.15, 0.2) is 11.5 Å². The summed E-state index contributed by atoms with van der Waals surface area (Å²) in [6, 6.07) is 7.05. The van der Waals surface area contributed by atoms with E-state index in [9.17, 15) is 9.59 Å². The van der Waals surface area contributed by atoms with Crippen LogP contribution in [0.5, 0.6) is 6.01 Å². The number of fused-ring (bicyclic) bond motifs is 1. The molecule has 1 aromatic carbocycles. The number of carbonyl (C=O) groups excluding carboxylic acids is 1. The smallest absolute Gasteiger partial charge is 0.338 e. The third-order valence-electron chi connectivity index (χ3n) is 4.33. The lowest BCUT2D eigenvalue weighted by atomic mass is 10.1. The Bertz CT molecular complexity index is 1040. The number of ether oxygens (including phenoxy) is 2. The van der Waals surface area contributed by atoms with Gasteiger partial charge in [-0.2, -0.15) is 9.97 Å². The third-order valence-corrected chi connectivity index (χ3v) is 4.33. The summed E-state index contributed by atoms with van der Waals surface area (Å²) in [4.78, 5) is 35.5. The summed E-state index contributed by atoms with van der Waals surface area (Å²) in [6.45, 7) is 5.11. The molecular weight excluding hydrogens is 374 g/mol. The molecule has 3 N–H and O–H groups in total. The average molecular weight is 399 g/mol. The molecule has 0 saturated heterocycles. The van der Waals surface area contributed by atoms with Crippen molar-refractivity contribution in [2.24, 2.45) is 0 Å². The molecule has 0 amide bonds. The Balaban J connectivity index is 1.84. The van der Waals surface area contributed by atoms with Crippen molar-refractivity contribution in [3.63, 3.8) is 0 Å². The molecule has 2 heterocycles. The Morgan fingerprint density at radius 2 is 1.90 bits per heavy atom. The van der Waals surface area contributed by atoms with Gasteiger partial charge in [-0.25, -0.2) is 9.59 Å². The number of H-pyrrole nitrogens is 1. The Morgan fingerprint density at radius 1 is 1.14 bits per heavy atom. The fraction of sp³-hybridized carbons (Fsp3) is 0.400. The number of aromatic nitrogens is 4. The van der Waals surface area contributed by atoms with Crippen molar-refractivity contribution in [3.8, 4) is 6.01 Å². The van der Waals surface area contributed by atoms with Crippen molar-refractivity contribution >= 4 is 23.0 Å². The van der Waals surface area contributed by atoms with E-state index < -0.39 is 0 Å². The third kappa shape index (κ3) is 4.74. The zero-order valence-electron chi connectivity index (χ0n) is 16.6. The Morgan fingerprint density at radius 3 is 2.59 bits per heavy atom. The number of hydrogen-bond donors (Lipinski definition) is 2. The summed E-state index contributed by atoms with van der Waals surface area (Å²) in [7, 11) is 0. The van der Waals surface area contributed by atoms with Crippen LogP contribution in [0, 0.1) is 0 Å². The number of rotatable bonds is 9. The predicted octanol–water partition coefficient (Wildman–Crippen LogP) is 2.50. The lowest BCUT2D eigenvalue weighted by Crippen LogP contribution is -2.18. The predicted molar refractivity (Wildman–Crippen MR) is 109 cm³/mol. The first-order valence-electron chi connectivity index (χ1n) is 9.68. The molecule has 3 rings (SSSR count). The maximum Gasteiger partial charge on any atom is 0.338 e. The van der Waals surface area contributed by atoms with Crippen LogP contribution in [0.3, 0.4) is 0 Å². The number of benzene rings is 1. The number of nitrogens with one attached hydrogen (secondary N) is 1. The van der Waals surface area contributed by atoms with Gasteiger partial charge in [0.1, 0.15) is 5.52 Å². The number of aromatic amines is 1. The molecule has 0 unspecified atom stereocenters. The molecule has 0 aliphatic heterocycles. The normalized spacial score (nSPS) is 11.0. The molecule has 154 valence electrons. The topological polar surface area (TPSA) is 125 Å². The van der Waals surface area contributed by atoms with Crippen molar-refractivity contribution in [2.45, 2.75) is 39.7 Å². The molecule has 0 atom stereocenters. The molecule has 3 aromatic rings. The highest BCUT2D eigenvalue weighted by Crippen LogP contribution is 2.19. The quantitative estimate of drug-likeness (QED) is 0.418. The number of hydrogen-bond acceptors (Lipinski definition) is 7. The highest BCUT2D eigenvalue weighted by molar-refractivity contribution is 5.89. The van der Waals surface area contributed by atoms with Crippen LogP contribution in [-0.2, 0) is 11.3 Å². The number of unbranched alkanes of at least 4 members (excludes halogenated alkanes) is 1. The van der Waals surface area contributed by atoms with Crippen molar-refractivity contribution in [2.75, 3.05) is 18.9 Å². The number of carbonyl (C=O) groups is 1. The van der Waals surface area contributed by atoms with Crippen LogP contribution >= 0.6 is 0 Å². The summed E-state index contributed by atoms with van der Waals surface area (Å²) in [5, 5.41) is 0. The van der Waals surface area contributed by atoms with Gasteiger partial charge in [-0.1, -0.05) is 32.4 Å². The minimum Gasteiger partial charge on any atom is -0.463 e. The first kappa shape index (κ1) is 20.4. The van der Waals surface area contributed by atoms with Crippen molar-refractivity contribution < 1.29 is 14.3 Å². The highest BCUT2D eigenvalue weighted by atomic mass is 16.5. The van der Waals surface area contributed by atoms with Gasteiger partial charge < -0.3 is 20.2 Å². The van der Waals surface area contributed by atoms with Crippen LogP contribution in [0.1, 0.15) is 49.0 Å². The first-order chi connectivity index (χ1) is 14.0. The number of imidazole rings is 1. The van der Waals surface area contributed by atoms with E-state index in [0.29, 0.717) is 29.9 Å². The maximum atomic E-state index is 12.4. The second-order valence-electron chi connectivity index (χ2n) is 6.64. The second kappa shape index (κ2) is 9.22. The van der Waals surface area contributed by atoms with E-state index in [0.717, 1.165) is 24.8 Å². The largest absolute Gasteiger partial charge is 0.463 e. The maximum absolute atomic E-state index is 12.4. The lowest BCUT2D eigenvalue weighted by Gasteiger charge is -2.07. The van der Waals surface area contributed by atoms with Crippen LogP contribution in [0.15, 0.2) is 29.1 Å². The fourth-order valence-electron chi connectivity index (χ4n) is 2.76. The average Bonchev–Trinajstić information content (AvgIpc) is 3.03. The molecule has 29 heavy (non-hydrogen) atoms. The van der Waals surface area contributed by atoms with Crippen LogP contribution in [0.25, 0.3) is 11.2 Å². The van der Waals surface area contributed by atoms with Gasteiger partial charge in [-0.05, 0) is 30.5 Å².